The third kappa shape index (κ3) is 6.46. The van der Waals surface area contributed by atoms with Crippen LogP contribution in [0.2, 0.25) is 0 Å². The molecule has 5 aromatic rings. The molecule has 42 heavy (non-hydrogen) atoms. The van der Waals surface area contributed by atoms with Crippen LogP contribution in [-0.2, 0) is 12.8 Å². The van der Waals surface area contributed by atoms with E-state index in [0.717, 1.165) is 22.4 Å². The van der Waals surface area contributed by atoms with E-state index in [-0.39, 0.29) is 29.2 Å². The van der Waals surface area contributed by atoms with E-state index in [1.807, 2.05) is 6.92 Å². The molecule has 6 nitrogen and oxygen atoms in total. The third-order valence-corrected chi connectivity index (χ3v) is 6.95. The average molecular weight is 687 g/mol. The second-order valence-corrected chi connectivity index (χ2v) is 10.2. The van der Waals surface area contributed by atoms with Crippen LogP contribution in [0.4, 0.5) is 17.6 Å². The maximum atomic E-state index is 13.5. The monoisotopic (exact) mass is 687 g/mol. The minimum absolute atomic E-state index is 0.0416. The molecule has 0 aliphatic carbocycles. The Kier molecular flexibility index (Phi) is 8.57. The van der Waals surface area contributed by atoms with E-state index in [2.05, 4.69) is 32.7 Å². The lowest BCUT2D eigenvalue weighted by molar-refractivity contribution is -0.137. The van der Waals surface area contributed by atoms with Crippen LogP contribution in [0.15, 0.2) is 94.8 Å². The average Bonchev–Trinajstić information content (AvgIpc) is 2.97. The molecular weight excluding hydrogens is 665 g/mol. The first kappa shape index (κ1) is 29.2. The second-order valence-electron chi connectivity index (χ2n) is 9.07. The molecule has 0 amide bonds. The van der Waals surface area contributed by atoms with Gasteiger partial charge in [0.25, 0.3) is 5.56 Å². The maximum absolute atomic E-state index is 13.5. The van der Waals surface area contributed by atoms with Gasteiger partial charge in [0.1, 0.15) is 12.4 Å². The largest absolute Gasteiger partial charge is 0.490 e. The number of rotatable bonds is 8. The molecule has 5 rings (SSSR count). The van der Waals surface area contributed by atoms with Gasteiger partial charge < -0.3 is 9.47 Å². The zero-order valence-electron chi connectivity index (χ0n) is 22.0. The van der Waals surface area contributed by atoms with E-state index < -0.39 is 17.3 Å². The Morgan fingerprint density at radius 2 is 1.74 bits per heavy atom. The Morgan fingerprint density at radius 3 is 2.48 bits per heavy atom. The van der Waals surface area contributed by atoms with Gasteiger partial charge in [-0.05, 0) is 89.2 Å². The summed E-state index contributed by atoms with van der Waals surface area (Å²) in [5.74, 6) is 0.520. The van der Waals surface area contributed by atoms with E-state index in [0.29, 0.717) is 32.8 Å². The topological polar surface area (TPSA) is 65.7 Å². The first-order valence-electron chi connectivity index (χ1n) is 12.7. The number of hydrogen-bond acceptors (Lipinski definition) is 5. The maximum Gasteiger partial charge on any atom is 0.416 e. The molecule has 0 saturated heterocycles. The van der Waals surface area contributed by atoms with Crippen LogP contribution in [0.25, 0.3) is 22.3 Å². The third-order valence-electron chi connectivity index (χ3n) is 6.15. The van der Waals surface area contributed by atoms with Crippen molar-refractivity contribution in [2.45, 2.75) is 19.7 Å². The molecule has 0 atom stereocenters. The molecule has 0 N–H and O–H groups in total. The minimum atomic E-state index is -4.58. The summed E-state index contributed by atoms with van der Waals surface area (Å²) in [6.07, 6.45) is -3.17. The van der Waals surface area contributed by atoms with Gasteiger partial charge in [-0.25, -0.2) is 9.37 Å². The lowest BCUT2D eigenvalue weighted by atomic mass is 10.1. The first-order chi connectivity index (χ1) is 20.1. The van der Waals surface area contributed by atoms with Crippen molar-refractivity contribution in [3.8, 4) is 22.9 Å². The molecule has 1 aromatic heterocycles. The Labute approximate surface area is 251 Å². The number of alkyl halides is 3. The highest BCUT2D eigenvalue weighted by molar-refractivity contribution is 14.1. The number of ether oxygens (including phenoxy) is 2. The molecule has 1 heterocycles. The Hall–Kier alpha value is -4.26. The molecule has 214 valence electrons. The molecule has 0 unspecified atom stereocenters. The van der Waals surface area contributed by atoms with E-state index in [1.165, 1.54) is 30.5 Å². The van der Waals surface area contributed by atoms with Crippen LogP contribution in [0.1, 0.15) is 23.6 Å². The quantitative estimate of drug-likeness (QED) is 0.0954. The SMILES string of the molecule is CCOc1cc(C=Nn2c(-c3cccc(C(F)(F)F)c3)nc3ccccc3c2=O)cc(I)c1OCc1ccc(F)cc1. The summed E-state index contributed by atoms with van der Waals surface area (Å²) in [5.41, 5.74) is 0.321. The van der Waals surface area contributed by atoms with Crippen LogP contribution in [0.3, 0.4) is 0 Å². The number of nitrogens with zero attached hydrogens (tertiary/aromatic N) is 3. The number of benzene rings is 4. The van der Waals surface area contributed by atoms with E-state index in [1.54, 1.807) is 48.5 Å². The van der Waals surface area contributed by atoms with Gasteiger partial charge in [0.05, 0.1) is 32.9 Å². The lowest BCUT2D eigenvalue weighted by Gasteiger charge is -2.15. The summed E-state index contributed by atoms with van der Waals surface area (Å²) in [7, 11) is 0. The van der Waals surface area contributed by atoms with Gasteiger partial charge in [-0.2, -0.15) is 22.9 Å². The van der Waals surface area contributed by atoms with Crippen molar-refractivity contribution in [2.24, 2.45) is 5.10 Å². The highest BCUT2D eigenvalue weighted by Crippen LogP contribution is 2.35. The molecule has 0 spiro atoms. The van der Waals surface area contributed by atoms with Crippen molar-refractivity contribution in [3.63, 3.8) is 0 Å². The molecule has 0 saturated carbocycles. The van der Waals surface area contributed by atoms with Gasteiger partial charge in [0, 0.05) is 5.56 Å². The standard InChI is InChI=1S/C31H22F4IN3O3/c1-2-41-27-15-20(14-25(36)28(27)42-18-19-10-12-23(32)13-11-19)17-37-39-29(21-6-5-7-22(16-21)31(33,34)35)38-26-9-4-3-8-24(26)30(39)40/h3-17H,2,18H2,1H3. The van der Waals surface area contributed by atoms with E-state index in [4.69, 9.17) is 9.47 Å². The summed E-state index contributed by atoms with van der Waals surface area (Å²) in [6, 6.07) is 20.5. The predicted molar refractivity (Wildman–Crippen MR) is 160 cm³/mol. The number of halogens is 5. The van der Waals surface area contributed by atoms with Crippen molar-refractivity contribution in [2.75, 3.05) is 6.61 Å². The fourth-order valence-electron chi connectivity index (χ4n) is 4.18. The molecule has 11 heteroatoms. The molecule has 0 aliphatic heterocycles. The van der Waals surface area contributed by atoms with Crippen LogP contribution in [0, 0.1) is 9.39 Å². The molecule has 0 fully saturated rings. The number of aromatic nitrogens is 2. The first-order valence-corrected chi connectivity index (χ1v) is 13.8. The molecule has 0 aliphatic rings. The fourth-order valence-corrected chi connectivity index (χ4v) is 4.96. The van der Waals surface area contributed by atoms with Gasteiger partial charge in [-0.15, -0.1) is 0 Å². The molecule has 0 bridgehead atoms. The highest BCUT2D eigenvalue weighted by atomic mass is 127. The van der Waals surface area contributed by atoms with Gasteiger partial charge in [0.15, 0.2) is 17.3 Å². The summed E-state index contributed by atoms with van der Waals surface area (Å²) in [4.78, 5) is 18.0. The van der Waals surface area contributed by atoms with Gasteiger partial charge in [-0.3, -0.25) is 4.79 Å². The van der Waals surface area contributed by atoms with Crippen molar-refractivity contribution in [1.82, 2.24) is 9.66 Å². The fraction of sp³-hybridized carbons (Fsp3) is 0.129. The van der Waals surface area contributed by atoms with Crippen molar-refractivity contribution in [1.29, 1.82) is 0 Å². The van der Waals surface area contributed by atoms with E-state index in [9.17, 15) is 22.4 Å². The summed E-state index contributed by atoms with van der Waals surface area (Å²) in [5, 5.41) is 4.63. The van der Waals surface area contributed by atoms with Crippen LogP contribution >= 0.6 is 22.6 Å². The smallest absolute Gasteiger partial charge is 0.416 e. The van der Waals surface area contributed by atoms with Crippen molar-refractivity contribution in [3.05, 3.63) is 121 Å². The Balaban J connectivity index is 1.55. The number of fused-ring (bicyclic) bond motifs is 1. The second kappa shape index (κ2) is 12.3. The summed E-state index contributed by atoms with van der Waals surface area (Å²) in [6.45, 7) is 2.35. The lowest BCUT2D eigenvalue weighted by Crippen LogP contribution is -2.20. The molecule has 0 radical (unpaired) electrons. The zero-order chi connectivity index (χ0) is 29.9. The summed E-state index contributed by atoms with van der Waals surface area (Å²) < 4.78 is 67.1. The number of para-hydroxylation sites is 1. The number of hydrogen-bond donors (Lipinski definition) is 0. The zero-order valence-corrected chi connectivity index (χ0v) is 24.2. The highest BCUT2D eigenvalue weighted by Gasteiger charge is 2.31. The van der Waals surface area contributed by atoms with Gasteiger partial charge >= 0.3 is 6.18 Å². The van der Waals surface area contributed by atoms with Crippen LogP contribution < -0.4 is 15.0 Å². The predicted octanol–water partition coefficient (Wildman–Crippen LogP) is 7.69. The molecule has 4 aromatic carbocycles. The molecular formula is C31H22F4IN3O3. The normalized spacial score (nSPS) is 11.8. The van der Waals surface area contributed by atoms with Gasteiger partial charge in [-0.1, -0.05) is 36.4 Å². The Morgan fingerprint density at radius 1 is 0.976 bits per heavy atom. The van der Waals surface area contributed by atoms with Crippen molar-refractivity contribution < 1.29 is 27.0 Å². The van der Waals surface area contributed by atoms with Crippen LogP contribution in [-0.4, -0.2) is 22.5 Å². The van der Waals surface area contributed by atoms with Gasteiger partial charge in [0.2, 0.25) is 0 Å². The minimum Gasteiger partial charge on any atom is -0.490 e. The van der Waals surface area contributed by atoms with E-state index >= 15 is 0 Å². The Bertz CT molecular complexity index is 1840. The summed E-state index contributed by atoms with van der Waals surface area (Å²) >= 11 is 2.08. The van der Waals surface area contributed by atoms with Crippen molar-refractivity contribution >= 4 is 39.7 Å². The van der Waals surface area contributed by atoms with Crippen LogP contribution in [0.5, 0.6) is 11.5 Å².